The number of hydrogen-bond acceptors (Lipinski definition) is 5. The molecule has 2 saturated carbocycles. The highest BCUT2D eigenvalue weighted by Crippen LogP contribution is 2.47. The maximum Gasteiger partial charge on any atom is 0.416 e. The fraction of sp³-hybridized carbons (Fsp3) is 0.583. The van der Waals surface area contributed by atoms with Gasteiger partial charge < -0.3 is 15.5 Å². The average Bonchev–Trinajstić information content (AvgIpc) is 3.59. The van der Waals surface area contributed by atoms with Crippen molar-refractivity contribution in [1.29, 1.82) is 0 Å². The van der Waals surface area contributed by atoms with E-state index in [9.17, 15) is 18.0 Å². The molecule has 3 aliphatic rings. The molecule has 0 spiro atoms. The Morgan fingerprint density at radius 3 is 2.21 bits per heavy atom. The molecule has 0 bridgehead atoms. The summed E-state index contributed by atoms with van der Waals surface area (Å²) in [5, 5.41) is 5.06. The van der Waals surface area contributed by atoms with Crippen molar-refractivity contribution in [2.75, 3.05) is 18.0 Å². The molecule has 1 amide bonds. The second kappa shape index (κ2) is 14.6. The van der Waals surface area contributed by atoms with Crippen LogP contribution in [-0.4, -0.2) is 56.8 Å². The zero-order valence-electron chi connectivity index (χ0n) is 26.9. The number of piperidine rings is 1. The first-order valence-corrected chi connectivity index (χ1v) is 17.6. The number of alkyl halides is 3. The van der Waals surface area contributed by atoms with Crippen molar-refractivity contribution in [2.45, 2.75) is 108 Å². The highest BCUT2D eigenvalue weighted by molar-refractivity contribution is 6.30. The summed E-state index contributed by atoms with van der Waals surface area (Å²) >= 11 is 6.22. The van der Waals surface area contributed by atoms with Gasteiger partial charge in [-0.3, -0.25) is 9.48 Å². The van der Waals surface area contributed by atoms with E-state index >= 15 is 0 Å². The fourth-order valence-corrected chi connectivity index (χ4v) is 8.55. The zero-order valence-corrected chi connectivity index (χ0v) is 27.7. The molecule has 1 saturated heterocycles. The van der Waals surface area contributed by atoms with E-state index in [2.05, 4.69) is 15.0 Å². The largest absolute Gasteiger partial charge is 0.416 e. The van der Waals surface area contributed by atoms with Gasteiger partial charge in [0.25, 0.3) is 0 Å². The minimum atomic E-state index is -4.44. The van der Waals surface area contributed by atoms with Gasteiger partial charge >= 0.3 is 6.18 Å². The predicted molar refractivity (Wildman–Crippen MR) is 178 cm³/mol. The van der Waals surface area contributed by atoms with Crippen LogP contribution in [0.25, 0.3) is 0 Å². The summed E-state index contributed by atoms with van der Waals surface area (Å²) in [5.41, 5.74) is 7.22. The molecule has 1 aliphatic heterocycles. The van der Waals surface area contributed by atoms with Crippen molar-refractivity contribution in [3.63, 3.8) is 0 Å². The minimum Gasteiger partial charge on any atom is -0.356 e. The molecule has 11 heteroatoms. The zero-order chi connectivity index (χ0) is 33.0. The van der Waals surface area contributed by atoms with Gasteiger partial charge in [0.1, 0.15) is 18.7 Å². The molecule has 2 aromatic carbocycles. The van der Waals surface area contributed by atoms with E-state index in [1.165, 1.54) is 44.2 Å². The topological polar surface area (TPSA) is 80.3 Å². The number of likely N-dealkylation sites (tertiary alicyclic amines) is 1. The summed E-state index contributed by atoms with van der Waals surface area (Å²) in [4.78, 5) is 23.2. The van der Waals surface area contributed by atoms with Gasteiger partial charge in [0.2, 0.25) is 5.91 Å². The van der Waals surface area contributed by atoms with Gasteiger partial charge in [0.05, 0.1) is 5.56 Å². The molecule has 2 aliphatic carbocycles. The standard InChI is InChI=1S/C36H46ClF3N6O/c37-29-10-6-26(7-11-29)22-33(46(32-16-12-30(41)13-17-32)31-14-8-28(9-15-31)36(38,39)40)34(47)44-20-18-35(19-21-44,23-45-25-42-24-43-45)27-4-2-1-3-5-27/h6-11,14-15,24-25,27,30,32-33H,1-5,12-13,16-23,41H2/t30-,32+,33-/m1/s1. The number of halogens is 4. The van der Waals surface area contributed by atoms with Crippen LogP contribution in [0.4, 0.5) is 18.9 Å². The van der Waals surface area contributed by atoms with Crippen molar-refractivity contribution in [2.24, 2.45) is 17.1 Å². The van der Waals surface area contributed by atoms with Crippen molar-refractivity contribution in [3.8, 4) is 0 Å². The number of nitrogens with two attached hydrogens (primary N) is 1. The van der Waals surface area contributed by atoms with E-state index in [4.69, 9.17) is 17.3 Å². The van der Waals surface area contributed by atoms with Crippen LogP contribution in [-0.2, 0) is 23.9 Å². The second-order valence-corrected chi connectivity index (χ2v) is 14.4. The quantitative estimate of drug-likeness (QED) is 0.255. The monoisotopic (exact) mass is 670 g/mol. The molecule has 1 atom stereocenters. The molecule has 6 rings (SSSR count). The average molecular weight is 671 g/mol. The van der Waals surface area contributed by atoms with Gasteiger partial charge in [-0.2, -0.15) is 18.3 Å². The number of rotatable bonds is 9. The summed E-state index contributed by atoms with van der Waals surface area (Å²) < 4.78 is 42.7. The van der Waals surface area contributed by atoms with Crippen LogP contribution in [0.2, 0.25) is 5.02 Å². The second-order valence-electron chi connectivity index (χ2n) is 14.0. The summed E-state index contributed by atoms with van der Waals surface area (Å²) in [6.45, 7) is 2.07. The van der Waals surface area contributed by atoms with Gasteiger partial charge in [0, 0.05) is 48.8 Å². The lowest BCUT2D eigenvalue weighted by atomic mass is 9.63. The predicted octanol–water partition coefficient (Wildman–Crippen LogP) is 7.53. The van der Waals surface area contributed by atoms with Crippen molar-refractivity contribution < 1.29 is 18.0 Å². The third-order valence-electron chi connectivity index (χ3n) is 11.1. The Bertz CT molecular complexity index is 1430. The third kappa shape index (κ3) is 7.96. The molecule has 254 valence electrons. The Morgan fingerprint density at radius 2 is 1.62 bits per heavy atom. The maximum atomic E-state index is 14.8. The highest BCUT2D eigenvalue weighted by Gasteiger charge is 2.45. The van der Waals surface area contributed by atoms with Crippen molar-refractivity contribution in [1.82, 2.24) is 19.7 Å². The van der Waals surface area contributed by atoms with Crippen molar-refractivity contribution in [3.05, 3.63) is 77.3 Å². The lowest BCUT2D eigenvalue weighted by Gasteiger charge is -2.49. The highest BCUT2D eigenvalue weighted by atomic mass is 35.5. The first kappa shape index (κ1) is 33.8. The third-order valence-corrected chi connectivity index (χ3v) is 11.3. The Hall–Kier alpha value is -3.11. The maximum absolute atomic E-state index is 14.8. The minimum absolute atomic E-state index is 0.0210. The van der Waals surface area contributed by atoms with E-state index in [0.29, 0.717) is 36.1 Å². The Kier molecular flexibility index (Phi) is 10.5. The summed E-state index contributed by atoms with van der Waals surface area (Å²) in [6, 6.07) is 12.3. The molecule has 3 fully saturated rings. The van der Waals surface area contributed by atoms with Crippen LogP contribution >= 0.6 is 11.6 Å². The number of carbonyl (C=O) groups excluding carboxylic acids is 1. The SMILES string of the molecule is N[C@H]1CC[C@@H](N(c2ccc(C(F)(F)F)cc2)[C@H](Cc2ccc(Cl)cc2)C(=O)N2CCC(Cn3cncn3)(C3CCCCC3)CC2)CC1. The number of anilines is 1. The summed E-state index contributed by atoms with van der Waals surface area (Å²) in [5.74, 6) is 0.602. The van der Waals surface area contributed by atoms with E-state index in [1.807, 2.05) is 33.8 Å². The van der Waals surface area contributed by atoms with E-state index in [1.54, 1.807) is 12.7 Å². The summed E-state index contributed by atoms with van der Waals surface area (Å²) in [7, 11) is 0. The van der Waals surface area contributed by atoms with E-state index in [0.717, 1.165) is 62.8 Å². The summed E-state index contributed by atoms with van der Waals surface area (Å²) in [6.07, 6.45) is 10.4. The molecule has 47 heavy (non-hydrogen) atoms. The fourth-order valence-electron chi connectivity index (χ4n) is 8.43. The molecule has 0 unspecified atom stereocenters. The number of hydrogen-bond donors (Lipinski definition) is 1. The first-order chi connectivity index (χ1) is 22.6. The number of nitrogens with zero attached hydrogens (tertiary/aromatic N) is 5. The van der Waals surface area contributed by atoms with Crippen LogP contribution in [0.3, 0.4) is 0 Å². The van der Waals surface area contributed by atoms with Crippen LogP contribution in [0, 0.1) is 11.3 Å². The molecule has 1 aromatic heterocycles. The Balaban J connectivity index is 1.31. The first-order valence-electron chi connectivity index (χ1n) is 17.2. The molecular weight excluding hydrogens is 625 g/mol. The number of benzene rings is 2. The number of aromatic nitrogens is 3. The molecule has 2 N–H and O–H groups in total. The van der Waals surface area contributed by atoms with E-state index < -0.39 is 17.8 Å². The van der Waals surface area contributed by atoms with Crippen LogP contribution in [0.1, 0.15) is 81.8 Å². The molecular formula is C36H46ClF3N6O. The van der Waals surface area contributed by atoms with Crippen LogP contribution < -0.4 is 10.6 Å². The lowest BCUT2D eigenvalue weighted by molar-refractivity contribution is -0.138. The molecule has 7 nitrogen and oxygen atoms in total. The van der Waals surface area contributed by atoms with Crippen LogP contribution in [0.5, 0.6) is 0 Å². The van der Waals surface area contributed by atoms with Crippen molar-refractivity contribution >= 4 is 23.2 Å². The number of amides is 1. The van der Waals surface area contributed by atoms with Gasteiger partial charge in [-0.25, -0.2) is 4.98 Å². The smallest absolute Gasteiger partial charge is 0.356 e. The van der Waals surface area contributed by atoms with E-state index in [-0.39, 0.29) is 23.4 Å². The van der Waals surface area contributed by atoms with Gasteiger partial charge in [-0.05, 0) is 105 Å². The molecule has 3 aromatic rings. The Morgan fingerprint density at radius 1 is 0.957 bits per heavy atom. The molecule has 0 radical (unpaired) electrons. The van der Waals surface area contributed by atoms with Gasteiger partial charge in [-0.15, -0.1) is 0 Å². The Labute approximate surface area is 280 Å². The lowest BCUT2D eigenvalue weighted by Crippen LogP contribution is -2.57. The number of carbonyl (C=O) groups is 1. The van der Waals surface area contributed by atoms with Gasteiger partial charge in [-0.1, -0.05) is 43.0 Å². The normalized spacial score (nSPS) is 23.0. The molecule has 2 heterocycles. The van der Waals surface area contributed by atoms with Crippen LogP contribution in [0.15, 0.2) is 61.2 Å². The van der Waals surface area contributed by atoms with Gasteiger partial charge in [0.15, 0.2) is 0 Å².